The summed E-state index contributed by atoms with van der Waals surface area (Å²) < 4.78 is 3.12. The highest BCUT2D eigenvalue weighted by molar-refractivity contribution is 9.10. The van der Waals surface area contributed by atoms with Crippen molar-refractivity contribution in [1.82, 2.24) is 9.55 Å². The second-order valence-electron chi connectivity index (χ2n) is 3.75. The van der Waals surface area contributed by atoms with Crippen LogP contribution in [0.15, 0.2) is 16.6 Å². The van der Waals surface area contributed by atoms with Gasteiger partial charge in [-0.1, -0.05) is 6.92 Å². The molecule has 1 aromatic carbocycles. The van der Waals surface area contributed by atoms with E-state index < -0.39 is 0 Å². The van der Waals surface area contributed by atoms with Crippen molar-refractivity contribution in [2.75, 3.05) is 0 Å². The summed E-state index contributed by atoms with van der Waals surface area (Å²) in [7, 11) is 0. The lowest BCUT2D eigenvalue weighted by atomic mass is 10.2. The fourth-order valence-electron chi connectivity index (χ4n) is 1.90. The van der Waals surface area contributed by atoms with Crippen LogP contribution in [0.25, 0.3) is 11.0 Å². The highest BCUT2D eigenvalue weighted by Gasteiger charge is 2.11. The number of aromatic nitrogens is 2. The second-order valence-corrected chi connectivity index (χ2v) is 4.60. The molecule has 3 nitrogen and oxygen atoms in total. The van der Waals surface area contributed by atoms with E-state index in [1.54, 1.807) is 0 Å². The fourth-order valence-corrected chi connectivity index (χ4v) is 2.56. The molecule has 0 saturated carbocycles. The molecule has 0 atom stereocenters. The van der Waals surface area contributed by atoms with E-state index in [-0.39, 0.29) is 0 Å². The molecule has 0 fully saturated rings. The Labute approximate surface area is 103 Å². The van der Waals surface area contributed by atoms with Crippen LogP contribution < -0.4 is 0 Å². The smallest absolute Gasteiger partial charge is 0.106 e. The first-order valence-electron chi connectivity index (χ1n) is 5.24. The molecule has 16 heavy (non-hydrogen) atoms. The summed E-state index contributed by atoms with van der Waals surface area (Å²) in [6.07, 6.45) is 1.07. The van der Waals surface area contributed by atoms with Gasteiger partial charge in [0.15, 0.2) is 0 Å². The molecule has 0 saturated heterocycles. The molecule has 0 bridgehead atoms. The van der Waals surface area contributed by atoms with E-state index in [9.17, 15) is 0 Å². The Morgan fingerprint density at radius 2 is 2.25 bits per heavy atom. The van der Waals surface area contributed by atoms with E-state index in [4.69, 9.17) is 5.26 Å². The fraction of sp³-hybridized carbons (Fsp3) is 0.333. The first kappa shape index (κ1) is 11.2. The minimum atomic E-state index is 0.639. The number of rotatable bonds is 2. The standard InChI is InChI=1S/C12H12BrN3/c1-3-4-16-8(2)15-11-6-9(7-14)5-10(13)12(11)16/h5-6H,3-4H2,1-2H3. The predicted molar refractivity (Wildman–Crippen MR) is 67.2 cm³/mol. The number of benzene rings is 1. The van der Waals surface area contributed by atoms with Gasteiger partial charge in [0.1, 0.15) is 5.82 Å². The van der Waals surface area contributed by atoms with Crippen molar-refractivity contribution in [2.24, 2.45) is 0 Å². The first-order chi connectivity index (χ1) is 7.67. The van der Waals surface area contributed by atoms with Gasteiger partial charge in [0.05, 0.1) is 22.7 Å². The van der Waals surface area contributed by atoms with Crippen LogP contribution in [0.5, 0.6) is 0 Å². The zero-order chi connectivity index (χ0) is 11.7. The monoisotopic (exact) mass is 277 g/mol. The van der Waals surface area contributed by atoms with E-state index in [0.29, 0.717) is 5.56 Å². The zero-order valence-corrected chi connectivity index (χ0v) is 10.9. The molecule has 0 radical (unpaired) electrons. The molecular weight excluding hydrogens is 266 g/mol. The molecule has 0 N–H and O–H groups in total. The molecule has 1 aromatic heterocycles. The molecule has 2 rings (SSSR count). The lowest BCUT2D eigenvalue weighted by Crippen LogP contribution is -1.99. The van der Waals surface area contributed by atoms with E-state index in [1.165, 1.54) is 0 Å². The van der Waals surface area contributed by atoms with Crippen molar-refractivity contribution < 1.29 is 0 Å². The summed E-state index contributed by atoms with van der Waals surface area (Å²) in [5.41, 5.74) is 2.61. The molecular formula is C12H12BrN3. The van der Waals surface area contributed by atoms with Crippen molar-refractivity contribution in [1.29, 1.82) is 5.26 Å². The van der Waals surface area contributed by atoms with Crippen molar-refractivity contribution >= 4 is 27.0 Å². The van der Waals surface area contributed by atoms with Gasteiger partial charge in [0.2, 0.25) is 0 Å². The number of aryl methyl sites for hydroxylation is 2. The number of imidazole rings is 1. The van der Waals surface area contributed by atoms with Crippen LogP contribution in [0.1, 0.15) is 24.7 Å². The summed E-state index contributed by atoms with van der Waals surface area (Å²) in [6.45, 7) is 5.09. The Kier molecular flexibility index (Phi) is 2.97. The zero-order valence-electron chi connectivity index (χ0n) is 9.29. The normalized spacial score (nSPS) is 10.6. The Balaban J connectivity index is 2.75. The van der Waals surface area contributed by atoms with Crippen LogP contribution in [0.2, 0.25) is 0 Å². The Bertz CT molecular complexity index is 578. The largest absolute Gasteiger partial charge is 0.327 e. The summed E-state index contributed by atoms with van der Waals surface area (Å²) in [5.74, 6) is 0.993. The van der Waals surface area contributed by atoms with E-state index in [1.807, 2.05) is 19.1 Å². The van der Waals surface area contributed by atoms with E-state index >= 15 is 0 Å². The molecule has 2 aromatic rings. The average Bonchev–Trinajstić information content (AvgIpc) is 2.56. The highest BCUT2D eigenvalue weighted by Crippen LogP contribution is 2.26. The SMILES string of the molecule is CCCn1c(C)nc2cc(C#N)cc(Br)c21. The molecule has 4 heteroatoms. The molecule has 0 amide bonds. The minimum Gasteiger partial charge on any atom is -0.327 e. The molecule has 0 unspecified atom stereocenters. The number of halogens is 1. The van der Waals surface area contributed by atoms with Gasteiger partial charge in [-0.25, -0.2) is 4.98 Å². The molecule has 0 aliphatic rings. The summed E-state index contributed by atoms with van der Waals surface area (Å²) in [4.78, 5) is 4.48. The molecule has 82 valence electrons. The van der Waals surface area contributed by atoms with Crippen LogP contribution in [0, 0.1) is 18.3 Å². The lowest BCUT2D eigenvalue weighted by molar-refractivity contribution is 0.675. The van der Waals surface area contributed by atoms with Gasteiger partial charge in [-0.3, -0.25) is 0 Å². The van der Waals surface area contributed by atoms with Crippen molar-refractivity contribution in [3.63, 3.8) is 0 Å². The lowest BCUT2D eigenvalue weighted by Gasteiger charge is -2.05. The summed E-state index contributed by atoms with van der Waals surface area (Å²) >= 11 is 3.51. The van der Waals surface area contributed by atoms with Crippen LogP contribution in [0.3, 0.4) is 0 Å². The summed E-state index contributed by atoms with van der Waals surface area (Å²) in [6, 6.07) is 5.82. The maximum absolute atomic E-state index is 8.90. The quantitative estimate of drug-likeness (QED) is 0.844. The van der Waals surface area contributed by atoms with Crippen LogP contribution in [-0.4, -0.2) is 9.55 Å². The predicted octanol–water partition coefficient (Wildman–Crippen LogP) is 3.39. The van der Waals surface area contributed by atoms with Crippen molar-refractivity contribution in [3.8, 4) is 6.07 Å². The van der Waals surface area contributed by atoms with Gasteiger partial charge in [-0.05, 0) is 41.4 Å². The van der Waals surface area contributed by atoms with Gasteiger partial charge in [0.25, 0.3) is 0 Å². The molecule has 1 heterocycles. The third-order valence-electron chi connectivity index (χ3n) is 2.56. The summed E-state index contributed by atoms with van der Waals surface area (Å²) in [5, 5.41) is 8.90. The maximum Gasteiger partial charge on any atom is 0.106 e. The number of hydrogen-bond acceptors (Lipinski definition) is 2. The number of fused-ring (bicyclic) bond motifs is 1. The van der Waals surface area contributed by atoms with Gasteiger partial charge < -0.3 is 4.57 Å². The van der Waals surface area contributed by atoms with Gasteiger partial charge in [-0.15, -0.1) is 0 Å². The molecule has 0 aliphatic heterocycles. The van der Waals surface area contributed by atoms with Gasteiger partial charge in [0, 0.05) is 11.0 Å². The number of hydrogen-bond donors (Lipinski definition) is 0. The Hall–Kier alpha value is -1.34. The third kappa shape index (κ3) is 1.72. The minimum absolute atomic E-state index is 0.639. The molecule has 0 aliphatic carbocycles. The Morgan fingerprint density at radius 3 is 2.88 bits per heavy atom. The second kappa shape index (κ2) is 4.26. The van der Waals surface area contributed by atoms with Crippen molar-refractivity contribution in [2.45, 2.75) is 26.8 Å². The highest BCUT2D eigenvalue weighted by atomic mass is 79.9. The number of nitrogens with zero attached hydrogens (tertiary/aromatic N) is 3. The van der Waals surface area contributed by atoms with E-state index in [2.05, 4.69) is 38.5 Å². The molecule has 0 spiro atoms. The van der Waals surface area contributed by atoms with Crippen LogP contribution >= 0.6 is 15.9 Å². The van der Waals surface area contributed by atoms with Gasteiger partial charge in [-0.2, -0.15) is 5.26 Å². The van der Waals surface area contributed by atoms with Crippen molar-refractivity contribution in [3.05, 3.63) is 28.0 Å². The third-order valence-corrected chi connectivity index (χ3v) is 3.17. The number of nitriles is 1. The first-order valence-corrected chi connectivity index (χ1v) is 6.03. The van der Waals surface area contributed by atoms with Crippen LogP contribution in [0.4, 0.5) is 0 Å². The average molecular weight is 278 g/mol. The topological polar surface area (TPSA) is 41.6 Å². The van der Waals surface area contributed by atoms with Gasteiger partial charge >= 0.3 is 0 Å². The maximum atomic E-state index is 8.90. The van der Waals surface area contributed by atoms with E-state index in [0.717, 1.165) is 34.3 Å². The Morgan fingerprint density at radius 1 is 1.50 bits per heavy atom. The van der Waals surface area contributed by atoms with Crippen LogP contribution in [-0.2, 0) is 6.54 Å².